The highest BCUT2D eigenvalue weighted by atomic mass is 16.6. The molecule has 1 fully saturated rings. The van der Waals surface area contributed by atoms with E-state index in [-0.39, 0.29) is 23.1 Å². The lowest BCUT2D eigenvalue weighted by molar-refractivity contribution is -0.385. The normalized spacial score (nSPS) is 14.4. The summed E-state index contributed by atoms with van der Waals surface area (Å²) in [5.41, 5.74) is 0.954. The number of para-hydroxylation sites is 1. The van der Waals surface area contributed by atoms with Crippen LogP contribution in [0.1, 0.15) is 30.1 Å². The van der Waals surface area contributed by atoms with Crippen molar-refractivity contribution >= 4 is 28.9 Å². The number of rotatable bonds is 6. The second kappa shape index (κ2) is 8.51. The van der Waals surface area contributed by atoms with Crippen molar-refractivity contribution in [2.45, 2.75) is 25.8 Å². The van der Waals surface area contributed by atoms with E-state index in [2.05, 4.69) is 10.6 Å². The van der Waals surface area contributed by atoms with Gasteiger partial charge in [0.25, 0.3) is 11.6 Å². The minimum atomic E-state index is -0.601. The number of nitrogens with one attached hydrogen (secondary N) is 2. The molecule has 1 unspecified atom stereocenters. The van der Waals surface area contributed by atoms with Crippen LogP contribution in [0.2, 0.25) is 0 Å². The number of nitro benzene ring substituents is 1. The molecule has 8 heteroatoms. The Morgan fingerprint density at radius 2 is 1.75 bits per heavy atom. The summed E-state index contributed by atoms with van der Waals surface area (Å²) >= 11 is 0. The molecule has 0 radical (unpaired) electrons. The van der Waals surface area contributed by atoms with E-state index in [0.717, 1.165) is 12.8 Å². The zero-order valence-corrected chi connectivity index (χ0v) is 15.6. The maximum absolute atomic E-state index is 12.7. The summed E-state index contributed by atoms with van der Waals surface area (Å²) < 4.78 is 0. The number of amides is 2. The average molecular weight is 382 g/mol. The van der Waals surface area contributed by atoms with E-state index >= 15 is 0 Å². The predicted molar refractivity (Wildman–Crippen MR) is 106 cm³/mol. The molecule has 1 aliphatic heterocycles. The first-order chi connectivity index (χ1) is 13.5. The minimum absolute atomic E-state index is 0.0348. The molecule has 0 spiro atoms. The summed E-state index contributed by atoms with van der Waals surface area (Å²) in [6.45, 7) is 2.88. The molecular formula is C20H22N4O4. The van der Waals surface area contributed by atoms with Gasteiger partial charge in [0.1, 0.15) is 11.6 Å². The van der Waals surface area contributed by atoms with Gasteiger partial charge in [-0.25, -0.2) is 0 Å². The van der Waals surface area contributed by atoms with E-state index < -0.39 is 11.0 Å². The molecule has 2 aromatic carbocycles. The zero-order valence-electron chi connectivity index (χ0n) is 15.6. The Labute approximate surface area is 162 Å². The quantitative estimate of drug-likeness (QED) is 0.589. The van der Waals surface area contributed by atoms with E-state index in [4.69, 9.17) is 0 Å². The van der Waals surface area contributed by atoms with E-state index in [1.807, 2.05) is 18.2 Å². The van der Waals surface area contributed by atoms with Gasteiger partial charge in [0, 0.05) is 30.5 Å². The molecule has 0 aromatic heterocycles. The zero-order chi connectivity index (χ0) is 20.1. The van der Waals surface area contributed by atoms with Crippen molar-refractivity contribution in [3.05, 3.63) is 64.2 Å². The fourth-order valence-corrected chi connectivity index (χ4v) is 3.13. The lowest BCUT2D eigenvalue weighted by atomic mass is 10.1. The van der Waals surface area contributed by atoms with Crippen molar-refractivity contribution < 1.29 is 14.5 Å². The highest BCUT2D eigenvalue weighted by Gasteiger charge is 2.27. The predicted octanol–water partition coefficient (Wildman–Crippen LogP) is 3.27. The number of hydrogen-bond donors (Lipinski definition) is 2. The average Bonchev–Trinajstić information content (AvgIpc) is 3.22. The number of nitro groups is 1. The molecule has 1 atom stereocenters. The Hall–Kier alpha value is -3.42. The van der Waals surface area contributed by atoms with Crippen LogP contribution in [0.5, 0.6) is 0 Å². The van der Waals surface area contributed by atoms with Crippen molar-refractivity contribution in [3.8, 4) is 0 Å². The number of carbonyl (C=O) groups excluding carboxylic acids is 2. The van der Waals surface area contributed by atoms with Crippen LogP contribution in [0.15, 0.2) is 48.5 Å². The van der Waals surface area contributed by atoms with Crippen LogP contribution >= 0.6 is 0 Å². The fourth-order valence-electron chi connectivity index (χ4n) is 3.13. The highest BCUT2D eigenvalue weighted by molar-refractivity contribution is 6.00. The molecule has 2 N–H and O–H groups in total. The van der Waals surface area contributed by atoms with Crippen LogP contribution in [0.25, 0.3) is 0 Å². The summed E-state index contributed by atoms with van der Waals surface area (Å²) in [6.07, 6.45) is 1.79. The van der Waals surface area contributed by atoms with Crippen molar-refractivity contribution in [1.29, 1.82) is 0 Å². The third-order valence-electron chi connectivity index (χ3n) is 4.63. The molecule has 1 heterocycles. The third kappa shape index (κ3) is 4.46. The van der Waals surface area contributed by atoms with Crippen LogP contribution in [0.4, 0.5) is 17.1 Å². The van der Waals surface area contributed by atoms with Gasteiger partial charge in [0.2, 0.25) is 5.91 Å². The lowest BCUT2D eigenvalue weighted by Gasteiger charge is -2.18. The Balaban J connectivity index is 1.76. The van der Waals surface area contributed by atoms with E-state index in [9.17, 15) is 19.7 Å². The van der Waals surface area contributed by atoms with Gasteiger partial charge in [0.15, 0.2) is 0 Å². The van der Waals surface area contributed by atoms with Crippen LogP contribution in [-0.4, -0.2) is 40.8 Å². The van der Waals surface area contributed by atoms with E-state index in [0.29, 0.717) is 24.5 Å². The molecule has 2 aromatic rings. The molecule has 0 bridgehead atoms. The molecule has 146 valence electrons. The first-order valence-electron chi connectivity index (χ1n) is 9.16. The van der Waals surface area contributed by atoms with Crippen molar-refractivity contribution in [2.24, 2.45) is 0 Å². The van der Waals surface area contributed by atoms with Crippen LogP contribution < -0.4 is 10.6 Å². The van der Waals surface area contributed by atoms with Gasteiger partial charge in [-0.1, -0.05) is 18.2 Å². The Kier molecular flexibility index (Phi) is 5.88. The molecule has 2 amide bonds. The number of carbonyl (C=O) groups is 2. The van der Waals surface area contributed by atoms with Gasteiger partial charge in [-0.05, 0) is 44.0 Å². The first kappa shape index (κ1) is 19.3. The molecule has 0 saturated carbocycles. The van der Waals surface area contributed by atoms with E-state index in [1.165, 1.54) is 18.2 Å². The van der Waals surface area contributed by atoms with Crippen molar-refractivity contribution in [3.63, 3.8) is 0 Å². The van der Waals surface area contributed by atoms with Gasteiger partial charge >= 0.3 is 0 Å². The number of nitrogens with zero attached hydrogens (tertiary/aromatic N) is 2. The standard InChI is InChI=1S/C20H22N4O4/c1-14(19(25)22-15-7-3-2-4-8-15)21-16-9-10-18(24(27)28)17(13-16)20(26)23-11-5-6-12-23/h2-4,7-10,13-14,21H,5-6,11-12H2,1H3,(H,22,25). The Morgan fingerprint density at radius 1 is 1.07 bits per heavy atom. The molecule has 28 heavy (non-hydrogen) atoms. The maximum Gasteiger partial charge on any atom is 0.282 e. The third-order valence-corrected chi connectivity index (χ3v) is 4.63. The Morgan fingerprint density at radius 3 is 2.39 bits per heavy atom. The lowest BCUT2D eigenvalue weighted by Crippen LogP contribution is -2.32. The maximum atomic E-state index is 12.7. The highest BCUT2D eigenvalue weighted by Crippen LogP contribution is 2.26. The summed E-state index contributed by atoms with van der Waals surface area (Å²) in [4.78, 5) is 37.5. The smallest absolute Gasteiger partial charge is 0.282 e. The molecule has 0 aliphatic carbocycles. The van der Waals surface area contributed by atoms with Gasteiger partial charge in [-0.3, -0.25) is 19.7 Å². The van der Waals surface area contributed by atoms with Gasteiger partial charge in [0.05, 0.1) is 4.92 Å². The molecule has 1 saturated heterocycles. The molecule has 3 rings (SSSR count). The minimum Gasteiger partial charge on any atom is -0.374 e. The molecule has 1 aliphatic rings. The van der Waals surface area contributed by atoms with Crippen LogP contribution in [0.3, 0.4) is 0 Å². The summed E-state index contributed by atoms with van der Waals surface area (Å²) in [5, 5.41) is 17.1. The topological polar surface area (TPSA) is 105 Å². The van der Waals surface area contributed by atoms with Crippen LogP contribution in [0, 0.1) is 10.1 Å². The fraction of sp³-hybridized carbons (Fsp3) is 0.300. The largest absolute Gasteiger partial charge is 0.374 e. The first-order valence-corrected chi connectivity index (χ1v) is 9.16. The number of anilines is 2. The van der Waals surface area contributed by atoms with E-state index in [1.54, 1.807) is 24.0 Å². The van der Waals surface area contributed by atoms with Crippen LogP contribution in [-0.2, 0) is 4.79 Å². The number of hydrogen-bond acceptors (Lipinski definition) is 5. The Bertz CT molecular complexity index is 879. The summed E-state index contributed by atoms with van der Waals surface area (Å²) in [7, 11) is 0. The molecular weight excluding hydrogens is 360 g/mol. The van der Waals surface area contributed by atoms with Gasteiger partial charge < -0.3 is 15.5 Å². The second-order valence-electron chi connectivity index (χ2n) is 6.71. The summed E-state index contributed by atoms with van der Waals surface area (Å²) in [5.74, 6) is -0.605. The SMILES string of the molecule is CC(Nc1ccc([N+](=O)[O-])c(C(=O)N2CCCC2)c1)C(=O)Nc1ccccc1. The molecule has 8 nitrogen and oxygen atoms in total. The van der Waals surface area contributed by atoms with Gasteiger partial charge in [-0.15, -0.1) is 0 Å². The number of likely N-dealkylation sites (tertiary alicyclic amines) is 1. The van der Waals surface area contributed by atoms with Gasteiger partial charge in [-0.2, -0.15) is 0 Å². The monoisotopic (exact) mass is 382 g/mol. The van der Waals surface area contributed by atoms with Crippen molar-refractivity contribution in [2.75, 3.05) is 23.7 Å². The number of benzene rings is 2. The van der Waals surface area contributed by atoms with Crippen molar-refractivity contribution in [1.82, 2.24) is 4.90 Å². The summed E-state index contributed by atoms with van der Waals surface area (Å²) in [6, 6.07) is 12.7. The second-order valence-corrected chi connectivity index (χ2v) is 6.71.